The fourth-order valence-electron chi connectivity index (χ4n) is 3.01. The SMILES string of the molecule is Cn1nc(C(=O)NCCc2ccccc2F)cc1-c1ccc2c(c1)OCO2. The molecule has 1 aromatic heterocycles. The van der Waals surface area contributed by atoms with Crippen LogP contribution < -0.4 is 14.8 Å². The number of ether oxygens (including phenoxy) is 2. The molecule has 1 amide bonds. The molecule has 0 aliphatic carbocycles. The van der Waals surface area contributed by atoms with Gasteiger partial charge in [-0.25, -0.2) is 4.39 Å². The Morgan fingerprint density at radius 2 is 2.00 bits per heavy atom. The van der Waals surface area contributed by atoms with E-state index < -0.39 is 0 Å². The van der Waals surface area contributed by atoms with Crippen LogP contribution in [-0.2, 0) is 13.5 Å². The van der Waals surface area contributed by atoms with Crippen molar-refractivity contribution < 1.29 is 18.7 Å². The van der Waals surface area contributed by atoms with Gasteiger partial charge >= 0.3 is 0 Å². The number of aromatic nitrogens is 2. The molecule has 0 spiro atoms. The number of nitrogens with one attached hydrogen (secondary N) is 1. The summed E-state index contributed by atoms with van der Waals surface area (Å²) in [5.74, 6) is 0.806. The molecule has 6 nitrogen and oxygen atoms in total. The third-order valence-corrected chi connectivity index (χ3v) is 4.42. The molecule has 27 heavy (non-hydrogen) atoms. The predicted molar refractivity (Wildman–Crippen MR) is 97.2 cm³/mol. The van der Waals surface area contributed by atoms with Crippen molar-refractivity contribution in [2.24, 2.45) is 7.05 Å². The number of rotatable bonds is 5. The van der Waals surface area contributed by atoms with Crippen LogP contribution in [0.5, 0.6) is 11.5 Å². The molecule has 0 saturated carbocycles. The van der Waals surface area contributed by atoms with Crippen molar-refractivity contribution in [2.45, 2.75) is 6.42 Å². The van der Waals surface area contributed by atoms with Crippen LogP contribution in [0, 0.1) is 5.82 Å². The van der Waals surface area contributed by atoms with Gasteiger partial charge in [-0.3, -0.25) is 9.48 Å². The third kappa shape index (κ3) is 3.48. The van der Waals surface area contributed by atoms with Gasteiger partial charge in [0.1, 0.15) is 5.82 Å². The van der Waals surface area contributed by atoms with Crippen LogP contribution in [0.15, 0.2) is 48.5 Å². The zero-order chi connectivity index (χ0) is 18.8. The van der Waals surface area contributed by atoms with Crippen molar-refractivity contribution in [2.75, 3.05) is 13.3 Å². The summed E-state index contributed by atoms with van der Waals surface area (Å²) >= 11 is 0. The smallest absolute Gasteiger partial charge is 0.271 e. The minimum absolute atomic E-state index is 0.208. The highest BCUT2D eigenvalue weighted by atomic mass is 19.1. The third-order valence-electron chi connectivity index (χ3n) is 4.42. The molecule has 1 aliphatic heterocycles. The molecule has 0 bridgehead atoms. The van der Waals surface area contributed by atoms with Crippen molar-refractivity contribution in [3.8, 4) is 22.8 Å². The summed E-state index contributed by atoms with van der Waals surface area (Å²) in [4.78, 5) is 12.4. The first-order chi connectivity index (χ1) is 13.1. The number of hydrogen-bond acceptors (Lipinski definition) is 4. The Morgan fingerprint density at radius 3 is 2.85 bits per heavy atom. The molecule has 0 saturated heterocycles. The highest BCUT2D eigenvalue weighted by molar-refractivity contribution is 5.93. The summed E-state index contributed by atoms with van der Waals surface area (Å²) in [6.45, 7) is 0.537. The van der Waals surface area contributed by atoms with Gasteiger partial charge in [-0.15, -0.1) is 0 Å². The van der Waals surface area contributed by atoms with E-state index in [0.717, 1.165) is 11.3 Å². The number of fused-ring (bicyclic) bond motifs is 1. The highest BCUT2D eigenvalue weighted by Crippen LogP contribution is 2.35. The van der Waals surface area contributed by atoms with Gasteiger partial charge in [0.05, 0.1) is 5.69 Å². The van der Waals surface area contributed by atoms with E-state index in [9.17, 15) is 9.18 Å². The lowest BCUT2D eigenvalue weighted by molar-refractivity contribution is 0.0948. The molecular weight excluding hydrogens is 349 g/mol. The maximum absolute atomic E-state index is 13.6. The molecular formula is C20H18FN3O3. The fourth-order valence-corrected chi connectivity index (χ4v) is 3.01. The zero-order valence-electron chi connectivity index (χ0n) is 14.7. The predicted octanol–water partition coefficient (Wildman–Crippen LogP) is 2.93. The maximum Gasteiger partial charge on any atom is 0.271 e. The molecule has 0 atom stereocenters. The van der Waals surface area contributed by atoms with E-state index in [-0.39, 0.29) is 18.5 Å². The van der Waals surface area contributed by atoms with Crippen molar-refractivity contribution in [3.05, 3.63) is 65.6 Å². The zero-order valence-corrected chi connectivity index (χ0v) is 14.7. The quantitative estimate of drug-likeness (QED) is 0.753. The van der Waals surface area contributed by atoms with Crippen LogP contribution in [0.3, 0.4) is 0 Å². The van der Waals surface area contributed by atoms with Crippen molar-refractivity contribution in [1.29, 1.82) is 0 Å². The molecule has 3 aromatic rings. The highest BCUT2D eigenvalue weighted by Gasteiger charge is 2.18. The molecule has 4 rings (SSSR count). The molecule has 7 heteroatoms. The molecule has 0 unspecified atom stereocenters. The Labute approximate surface area is 155 Å². The van der Waals surface area contributed by atoms with Gasteiger partial charge in [0, 0.05) is 19.2 Å². The van der Waals surface area contributed by atoms with E-state index in [2.05, 4.69) is 10.4 Å². The standard InChI is InChI=1S/C20H18FN3O3/c1-24-17(14-6-7-18-19(10-14)27-12-26-18)11-16(23-24)20(25)22-9-8-13-4-2-3-5-15(13)21/h2-7,10-11H,8-9,12H2,1H3,(H,22,25). The molecule has 1 aliphatic rings. The lowest BCUT2D eigenvalue weighted by Crippen LogP contribution is -2.26. The molecule has 1 N–H and O–H groups in total. The van der Waals surface area contributed by atoms with Crippen LogP contribution in [-0.4, -0.2) is 29.0 Å². The van der Waals surface area contributed by atoms with Crippen molar-refractivity contribution in [1.82, 2.24) is 15.1 Å². The van der Waals surface area contributed by atoms with E-state index >= 15 is 0 Å². The number of nitrogens with zero attached hydrogens (tertiary/aromatic N) is 2. The Hall–Kier alpha value is -3.35. The summed E-state index contributed by atoms with van der Waals surface area (Å²) in [6, 6.07) is 13.8. The monoisotopic (exact) mass is 367 g/mol. The van der Waals surface area contributed by atoms with Crippen LogP contribution in [0.1, 0.15) is 16.1 Å². The fraction of sp³-hybridized carbons (Fsp3) is 0.200. The van der Waals surface area contributed by atoms with Gasteiger partial charge < -0.3 is 14.8 Å². The minimum atomic E-state index is -0.297. The van der Waals surface area contributed by atoms with E-state index in [0.29, 0.717) is 35.7 Å². The minimum Gasteiger partial charge on any atom is -0.454 e. The summed E-state index contributed by atoms with van der Waals surface area (Å²) in [7, 11) is 1.77. The van der Waals surface area contributed by atoms with E-state index in [1.54, 1.807) is 36.0 Å². The summed E-state index contributed by atoms with van der Waals surface area (Å²) in [5, 5.41) is 7.06. The second-order valence-electron chi connectivity index (χ2n) is 6.20. The van der Waals surface area contributed by atoms with Crippen LogP contribution >= 0.6 is 0 Å². The second-order valence-corrected chi connectivity index (χ2v) is 6.20. The lowest BCUT2D eigenvalue weighted by Gasteiger charge is -2.04. The molecule has 0 radical (unpaired) electrons. The van der Waals surface area contributed by atoms with Gasteiger partial charge in [0.15, 0.2) is 17.2 Å². The molecule has 138 valence electrons. The van der Waals surface area contributed by atoms with Gasteiger partial charge in [0.25, 0.3) is 5.91 Å². The van der Waals surface area contributed by atoms with Crippen molar-refractivity contribution >= 4 is 5.91 Å². The number of carbonyl (C=O) groups excluding carboxylic acids is 1. The molecule has 2 aromatic carbocycles. The second kappa shape index (κ2) is 7.11. The Morgan fingerprint density at radius 1 is 1.19 bits per heavy atom. The van der Waals surface area contributed by atoms with Crippen LogP contribution in [0.2, 0.25) is 0 Å². The Balaban J connectivity index is 1.44. The van der Waals surface area contributed by atoms with Crippen LogP contribution in [0.4, 0.5) is 4.39 Å². The van der Waals surface area contributed by atoms with Gasteiger partial charge in [-0.1, -0.05) is 18.2 Å². The van der Waals surface area contributed by atoms with Gasteiger partial charge in [-0.05, 0) is 42.3 Å². The normalized spacial score (nSPS) is 12.2. The van der Waals surface area contributed by atoms with E-state index in [4.69, 9.17) is 9.47 Å². The number of aryl methyl sites for hydroxylation is 1. The van der Waals surface area contributed by atoms with E-state index in [1.165, 1.54) is 6.07 Å². The van der Waals surface area contributed by atoms with Crippen LogP contribution in [0.25, 0.3) is 11.3 Å². The number of benzene rings is 2. The largest absolute Gasteiger partial charge is 0.454 e. The molecule has 2 heterocycles. The number of amides is 1. The Bertz CT molecular complexity index is 1000. The first kappa shape index (κ1) is 17.1. The maximum atomic E-state index is 13.6. The summed E-state index contributed by atoms with van der Waals surface area (Å²) < 4.78 is 26.0. The summed E-state index contributed by atoms with van der Waals surface area (Å²) in [5.41, 5.74) is 2.53. The average molecular weight is 367 g/mol. The number of hydrogen-bond donors (Lipinski definition) is 1. The Kier molecular flexibility index (Phi) is 4.50. The average Bonchev–Trinajstić information content (AvgIpc) is 3.29. The number of carbonyl (C=O) groups is 1. The lowest BCUT2D eigenvalue weighted by atomic mass is 10.1. The van der Waals surface area contributed by atoms with Gasteiger partial charge in [-0.2, -0.15) is 5.10 Å². The molecule has 0 fully saturated rings. The summed E-state index contributed by atoms with van der Waals surface area (Å²) in [6.07, 6.45) is 0.417. The first-order valence-corrected chi connectivity index (χ1v) is 8.57. The topological polar surface area (TPSA) is 65.4 Å². The van der Waals surface area contributed by atoms with Gasteiger partial charge in [0.2, 0.25) is 6.79 Å². The van der Waals surface area contributed by atoms with E-state index in [1.807, 2.05) is 18.2 Å². The number of halogens is 1. The van der Waals surface area contributed by atoms with Crippen molar-refractivity contribution in [3.63, 3.8) is 0 Å². The first-order valence-electron chi connectivity index (χ1n) is 8.57.